The van der Waals surface area contributed by atoms with Crippen LogP contribution in [0.1, 0.15) is 36.0 Å². The van der Waals surface area contributed by atoms with E-state index in [2.05, 4.69) is 11.9 Å². The number of likely N-dealkylation sites (N-methyl/N-ethyl adjacent to an activating group) is 1. The quantitative estimate of drug-likeness (QED) is 0.827. The number of hydrogen-bond donors (Lipinski definition) is 0. The van der Waals surface area contributed by atoms with E-state index in [9.17, 15) is 4.79 Å². The molecule has 6 heteroatoms. The van der Waals surface area contributed by atoms with Crippen molar-refractivity contribution in [2.75, 3.05) is 33.3 Å². The number of rotatable bonds is 3. The fraction of sp³-hybridized carbons (Fsp3) is 0.632. The maximum Gasteiger partial charge on any atom is 0.257 e. The highest BCUT2D eigenvalue weighted by Crippen LogP contribution is 2.31. The molecule has 136 valence electrons. The van der Waals surface area contributed by atoms with Crippen LogP contribution >= 0.6 is 11.6 Å². The lowest BCUT2D eigenvalue weighted by Crippen LogP contribution is -2.48. The Morgan fingerprint density at radius 2 is 2.08 bits per heavy atom. The van der Waals surface area contributed by atoms with Crippen LogP contribution in [0.15, 0.2) is 18.2 Å². The lowest BCUT2D eigenvalue weighted by molar-refractivity contribution is -0.0368. The van der Waals surface area contributed by atoms with Crippen molar-refractivity contribution >= 4 is 17.5 Å². The van der Waals surface area contributed by atoms with E-state index in [0.29, 0.717) is 29.4 Å². The summed E-state index contributed by atoms with van der Waals surface area (Å²) < 4.78 is 12.0. The normalized spacial score (nSPS) is 27.5. The number of ether oxygens (including phenoxy) is 2. The molecule has 1 aromatic rings. The highest BCUT2D eigenvalue weighted by Gasteiger charge is 2.41. The van der Waals surface area contributed by atoms with Crippen molar-refractivity contribution in [2.24, 2.45) is 0 Å². The van der Waals surface area contributed by atoms with E-state index in [4.69, 9.17) is 21.1 Å². The number of fused-ring (bicyclic) bond motifs is 1. The third kappa shape index (κ3) is 3.50. The molecule has 0 radical (unpaired) electrons. The number of nitrogens with zero attached hydrogens (tertiary/aromatic N) is 2. The van der Waals surface area contributed by atoms with Gasteiger partial charge in [0.05, 0.1) is 30.4 Å². The van der Waals surface area contributed by atoms with E-state index >= 15 is 0 Å². The summed E-state index contributed by atoms with van der Waals surface area (Å²) in [5.74, 6) is 0.646. The van der Waals surface area contributed by atoms with Crippen LogP contribution in [-0.2, 0) is 4.74 Å². The molecule has 2 heterocycles. The number of amides is 1. The van der Waals surface area contributed by atoms with Crippen molar-refractivity contribution in [2.45, 2.75) is 43.9 Å². The van der Waals surface area contributed by atoms with Gasteiger partial charge in [-0.25, -0.2) is 0 Å². The van der Waals surface area contributed by atoms with Crippen LogP contribution in [0.2, 0.25) is 5.02 Å². The minimum atomic E-state index is -0.0121. The first kappa shape index (κ1) is 17.1. The summed E-state index contributed by atoms with van der Waals surface area (Å²) in [5.41, 5.74) is 0.570. The van der Waals surface area contributed by atoms with Crippen LogP contribution in [0.3, 0.4) is 0 Å². The summed E-state index contributed by atoms with van der Waals surface area (Å²) in [6, 6.07) is 5.64. The summed E-state index contributed by atoms with van der Waals surface area (Å²) in [7, 11) is 2.10. The van der Waals surface area contributed by atoms with Gasteiger partial charge in [0.1, 0.15) is 5.75 Å². The summed E-state index contributed by atoms with van der Waals surface area (Å²) in [6.07, 6.45) is 4.82. The van der Waals surface area contributed by atoms with Gasteiger partial charge in [-0.2, -0.15) is 0 Å². The summed E-state index contributed by atoms with van der Waals surface area (Å²) in [4.78, 5) is 17.3. The Labute approximate surface area is 153 Å². The van der Waals surface area contributed by atoms with Crippen LogP contribution < -0.4 is 4.74 Å². The molecule has 5 nitrogen and oxygen atoms in total. The summed E-state index contributed by atoms with van der Waals surface area (Å²) >= 11 is 6.17. The molecule has 0 spiro atoms. The molecular formula is C19H25ClN2O3. The highest BCUT2D eigenvalue weighted by atomic mass is 35.5. The molecule has 0 bridgehead atoms. The second kappa shape index (κ2) is 7.14. The van der Waals surface area contributed by atoms with Crippen molar-refractivity contribution in [1.29, 1.82) is 0 Å². The standard InChI is InChI=1S/C19H25ClN2O3/c1-21-8-9-24-18-12-22(11-16(18)21)19(23)15-10-13(20)6-7-17(15)25-14-4-2-3-5-14/h6-7,10,14,16,18H,2-5,8-9,11-12H2,1H3/t16-,18+/m0/s1. The first-order valence-electron chi connectivity index (χ1n) is 9.19. The molecule has 4 rings (SSSR count). The summed E-state index contributed by atoms with van der Waals surface area (Å²) in [5, 5.41) is 0.562. The van der Waals surface area contributed by atoms with Crippen molar-refractivity contribution < 1.29 is 14.3 Å². The Hall–Kier alpha value is -1.30. The monoisotopic (exact) mass is 364 g/mol. The molecule has 2 saturated heterocycles. The van der Waals surface area contributed by atoms with E-state index in [-0.39, 0.29) is 24.2 Å². The minimum Gasteiger partial charge on any atom is -0.490 e. The minimum absolute atomic E-state index is 0.0121. The molecule has 2 aliphatic heterocycles. The maximum atomic E-state index is 13.2. The fourth-order valence-corrected chi connectivity index (χ4v) is 4.32. The topological polar surface area (TPSA) is 42.0 Å². The lowest BCUT2D eigenvalue weighted by atomic mass is 10.1. The largest absolute Gasteiger partial charge is 0.490 e. The van der Waals surface area contributed by atoms with Crippen molar-refractivity contribution in [3.63, 3.8) is 0 Å². The van der Waals surface area contributed by atoms with Crippen molar-refractivity contribution in [3.8, 4) is 5.75 Å². The number of carbonyl (C=O) groups is 1. The van der Waals surface area contributed by atoms with E-state index in [1.807, 2.05) is 11.0 Å². The first-order chi connectivity index (χ1) is 12.1. The van der Waals surface area contributed by atoms with Crippen LogP contribution in [0.25, 0.3) is 0 Å². The number of benzene rings is 1. The van der Waals surface area contributed by atoms with E-state index in [1.54, 1.807) is 12.1 Å². The summed E-state index contributed by atoms with van der Waals surface area (Å²) in [6.45, 7) is 2.96. The molecule has 3 fully saturated rings. The first-order valence-corrected chi connectivity index (χ1v) is 9.57. The van der Waals surface area contributed by atoms with E-state index in [1.165, 1.54) is 12.8 Å². The molecule has 25 heavy (non-hydrogen) atoms. The molecule has 1 amide bonds. The average Bonchev–Trinajstić information content (AvgIpc) is 3.26. The zero-order valence-electron chi connectivity index (χ0n) is 14.6. The molecular weight excluding hydrogens is 340 g/mol. The van der Waals surface area contributed by atoms with E-state index in [0.717, 1.165) is 26.0 Å². The van der Waals surface area contributed by atoms with Gasteiger partial charge in [0.25, 0.3) is 5.91 Å². The Morgan fingerprint density at radius 1 is 1.28 bits per heavy atom. The Bertz CT molecular complexity index is 648. The van der Waals surface area contributed by atoms with Crippen LogP contribution in [0.4, 0.5) is 0 Å². The van der Waals surface area contributed by atoms with Gasteiger partial charge in [0.2, 0.25) is 0 Å². The molecule has 3 aliphatic rings. The molecule has 1 saturated carbocycles. The van der Waals surface area contributed by atoms with Crippen molar-refractivity contribution in [3.05, 3.63) is 28.8 Å². The van der Waals surface area contributed by atoms with Gasteiger partial charge in [-0.3, -0.25) is 9.69 Å². The van der Waals surface area contributed by atoms with Crippen LogP contribution in [-0.4, -0.2) is 67.2 Å². The van der Waals surface area contributed by atoms with Crippen LogP contribution in [0, 0.1) is 0 Å². The molecule has 2 atom stereocenters. The Morgan fingerprint density at radius 3 is 2.84 bits per heavy atom. The Kier molecular flexibility index (Phi) is 4.89. The number of likely N-dealkylation sites (tertiary alicyclic amines) is 1. The average molecular weight is 365 g/mol. The SMILES string of the molecule is CN1CCO[C@@H]2CN(C(=O)c3cc(Cl)ccc3OC3CCCC3)C[C@@H]21. The molecule has 0 aromatic heterocycles. The second-order valence-corrected chi connectivity index (χ2v) is 7.77. The predicted molar refractivity (Wildman–Crippen MR) is 96.4 cm³/mol. The zero-order chi connectivity index (χ0) is 17.4. The number of morpholine rings is 1. The lowest BCUT2D eigenvalue weighted by Gasteiger charge is -2.33. The van der Waals surface area contributed by atoms with Crippen molar-refractivity contribution in [1.82, 2.24) is 9.80 Å². The second-order valence-electron chi connectivity index (χ2n) is 7.33. The van der Waals surface area contributed by atoms with Gasteiger partial charge < -0.3 is 14.4 Å². The number of halogens is 1. The zero-order valence-corrected chi connectivity index (χ0v) is 15.4. The highest BCUT2D eigenvalue weighted by molar-refractivity contribution is 6.31. The van der Waals surface area contributed by atoms with Gasteiger partial charge in [-0.1, -0.05) is 11.6 Å². The number of carbonyl (C=O) groups excluding carboxylic acids is 1. The molecule has 1 aliphatic carbocycles. The molecule has 0 N–H and O–H groups in total. The van der Waals surface area contributed by atoms with Gasteiger partial charge >= 0.3 is 0 Å². The third-order valence-corrected chi connectivity index (χ3v) is 5.87. The third-order valence-electron chi connectivity index (χ3n) is 5.63. The number of hydrogen-bond acceptors (Lipinski definition) is 4. The molecule has 0 unspecified atom stereocenters. The van der Waals surface area contributed by atoms with Gasteiger partial charge in [-0.05, 0) is 50.9 Å². The van der Waals surface area contributed by atoms with Gasteiger partial charge in [0.15, 0.2) is 0 Å². The van der Waals surface area contributed by atoms with E-state index < -0.39 is 0 Å². The maximum absolute atomic E-state index is 13.2. The van der Waals surface area contributed by atoms with Gasteiger partial charge in [0, 0.05) is 24.7 Å². The molecule has 1 aromatic carbocycles. The van der Waals surface area contributed by atoms with Crippen LogP contribution in [0.5, 0.6) is 5.75 Å². The smallest absolute Gasteiger partial charge is 0.257 e. The predicted octanol–water partition coefficient (Wildman–Crippen LogP) is 2.82. The van der Waals surface area contributed by atoms with Gasteiger partial charge in [-0.15, -0.1) is 0 Å². The fourth-order valence-electron chi connectivity index (χ4n) is 4.15. The Balaban J connectivity index is 1.54.